The molecule has 3 aromatic rings. The van der Waals surface area contributed by atoms with Crippen molar-refractivity contribution in [3.8, 4) is 0 Å². The first-order valence-corrected chi connectivity index (χ1v) is 12.0. The Labute approximate surface area is 180 Å². The minimum atomic E-state index is 0.511. The fourth-order valence-electron chi connectivity index (χ4n) is 5.45. The van der Waals surface area contributed by atoms with Gasteiger partial charge >= 0.3 is 0 Å². The Morgan fingerprint density at radius 3 is 2.60 bits per heavy atom. The summed E-state index contributed by atoms with van der Waals surface area (Å²) in [7, 11) is 0. The van der Waals surface area contributed by atoms with Crippen molar-refractivity contribution in [1.82, 2.24) is 15.6 Å². The van der Waals surface area contributed by atoms with Crippen molar-refractivity contribution >= 4 is 10.9 Å². The van der Waals surface area contributed by atoms with Crippen LogP contribution in [0.1, 0.15) is 73.4 Å². The van der Waals surface area contributed by atoms with E-state index in [1.54, 1.807) is 5.56 Å². The van der Waals surface area contributed by atoms with E-state index in [9.17, 15) is 0 Å². The monoisotopic (exact) mass is 401 g/mol. The Kier molecular flexibility index (Phi) is 6.19. The number of aryl methyl sites for hydroxylation is 1. The molecule has 158 valence electrons. The van der Waals surface area contributed by atoms with Crippen molar-refractivity contribution in [3.63, 3.8) is 0 Å². The third kappa shape index (κ3) is 4.48. The van der Waals surface area contributed by atoms with E-state index in [2.05, 4.69) is 64.1 Å². The Hall–Kier alpha value is -2.10. The number of nitrogens with one attached hydrogen (secondary N) is 3. The predicted octanol–water partition coefficient (Wildman–Crippen LogP) is 5.80. The summed E-state index contributed by atoms with van der Waals surface area (Å²) in [6.07, 6.45) is 11.8. The van der Waals surface area contributed by atoms with Gasteiger partial charge in [0.25, 0.3) is 0 Å². The number of hydrogen-bond donors (Lipinski definition) is 3. The second-order valence-corrected chi connectivity index (χ2v) is 9.26. The van der Waals surface area contributed by atoms with Gasteiger partial charge in [0, 0.05) is 35.2 Å². The lowest BCUT2D eigenvalue weighted by Crippen LogP contribution is -2.36. The third-order valence-corrected chi connectivity index (χ3v) is 7.08. The molecule has 1 atom stereocenters. The van der Waals surface area contributed by atoms with E-state index in [1.807, 2.05) is 0 Å². The highest BCUT2D eigenvalue weighted by Gasteiger charge is 2.26. The molecule has 5 rings (SSSR count). The molecule has 1 unspecified atom stereocenters. The number of rotatable bonds is 7. The van der Waals surface area contributed by atoms with E-state index in [4.69, 9.17) is 0 Å². The van der Waals surface area contributed by atoms with Gasteiger partial charge in [-0.05, 0) is 73.9 Å². The summed E-state index contributed by atoms with van der Waals surface area (Å²) in [4.78, 5) is 3.79. The smallest absolute Gasteiger partial charge is 0.0478 e. The highest BCUT2D eigenvalue weighted by Crippen LogP contribution is 2.36. The molecule has 1 saturated carbocycles. The number of aromatic amines is 1. The van der Waals surface area contributed by atoms with Gasteiger partial charge in [0.1, 0.15) is 0 Å². The van der Waals surface area contributed by atoms with E-state index >= 15 is 0 Å². The maximum absolute atomic E-state index is 4.00. The first kappa shape index (κ1) is 19.8. The van der Waals surface area contributed by atoms with Gasteiger partial charge in [0.05, 0.1) is 0 Å². The quantitative estimate of drug-likeness (QED) is 0.438. The molecule has 1 fully saturated rings. The van der Waals surface area contributed by atoms with Crippen LogP contribution in [-0.4, -0.2) is 17.6 Å². The van der Waals surface area contributed by atoms with Gasteiger partial charge in [-0.3, -0.25) is 0 Å². The summed E-state index contributed by atoms with van der Waals surface area (Å²) in [6, 6.07) is 19.0. The Bertz CT molecular complexity index is 953. The number of benzene rings is 2. The number of hydrogen-bond acceptors (Lipinski definition) is 2. The molecule has 0 saturated heterocycles. The van der Waals surface area contributed by atoms with Crippen LogP contribution in [0.2, 0.25) is 0 Å². The van der Waals surface area contributed by atoms with Crippen LogP contribution in [0.4, 0.5) is 0 Å². The summed E-state index contributed by atoms with van der Waals surface area (Å²) in [5.41, 5.74) is 7.13. The average molecular weight is 402 g/mol. The lowest BCUT2D eigenvalue weighted by atomic mass is 9.89. The standard InChI is InChI=1S/C27H35N3/c1-3-8-20(9-4-1)16-17-28-19-21-14-15-25-24(18-21)23-12-7-13-26(27(23)30-25)29-22-10-5-2-6-11-22/h1,3-4,8-9,14-15,18,22,26,28-30H,2,5-7,10-13,16-17,19H2. The van der Waals surface area contributed by atoms with Gasteiger partial charge in [-0.15, -0.1) is 0 Å². The molecule has 30 heavy (non-hydrogen) atoms. The summed E-state index contributed by atoms with van der Waals surface area (Å²) in [6.45, 7) is 1.95. The van der Waals surface area contributed by atoms with Crippen LogP contribution in [0.15, 0.2) is 48.5 Å². The van der Waals surface area contributed by atoms with Crippen molar-refractivity contribution in [3.05, 3.63) is 70.9 Å². The minimum Gasteiger partial charge on any atom is -0.357 e. The normalized spacial score (nSPS) is 19.8. The molecule has 2 aliphatic rings. The zero-order valence-corrected chi connectivity index (χ0v) is 18.1. The van der Waals surface area contributed by atoms with Crippen molar-refractivity contribution in [1.29, 1.82) is 0 Å². The van der Waals surface area contributed by atoms with Crippen molar-refractivity contribution in [2.24, 2.45) is 0 Å². The SMILES string of the molecule is c1ccc(CCNCc2ccc3[nH]c4c(c3c2)CCCC4NC2CCCCC2)cc1. The minimum absolute atomic E-state index is 0.511. The lowest BCUT2D eigenvalue weighted by Gasteiger charge is -2.31. The van der Waals surface area contributed by atoms with E-state index < -0.39 is 0 Å². The van der Waals surface area contributed by atoms with Gasteiger partial charge in [-0.2, -0.15) is 0 Å². The molecule has 2 aromatic carbocycles. The fourth-order valence-corrected chi connectivity index (χ4v) is 5.45. The highest BCUT2D eigenvalue weighted by atomic mass is 15.0. The van der Waals surface area contributed by atoms with Crippen molar-refractivity contribution in [2.75, 3.05) is 6.54 Å². The molecule has 2 aliphatic carbocycles. The largest absolute Gasteiger partial charge is 0.357 e. The van der Waals surface area contributed by atoms with E-state index in [0.29, 0.717) is 12.1 Å². The summed E-state index contributed by atoms with van der Waals surface area (Å²) >= 11 is 0. The van der Waals surface area contributed by atoms with Crippen LogP contribution < -0.4 is 10.6 Å². The maximum Gasteiger partial charge on any atom is 0.0478 e. The molecular formula is C27H35N3. The zero-order chi connectivity index (χ0) is 20.2. The Morgan fingerprint density at radius 2 is 1.73 bits per heavy atom. The number of H-pyrrole nitrogens is 1. The molecule has 3 heteroatoms. The van der Waals surface area contributed by atoms with Crippen molar-refractivity contribution in [2.45, 2.75) is 76.4 Å². The van der Waals surface area contributed by atoms with Crippen LogP contribution >= 0.6 is 0 Å². The van der Waals surface area contributed by atoms with Crippen LogP contribution in [0.25, 0.3) is 10.9 Å². The van der Waals surface area contributed by atoms with Gasteiger partial charge < -0.3 is 15.6 Å². The van der Waals surface area contributed by atoms with Gasteiger partial charge in [-0.1, -0.05) is 55.7 Å². The topological polar surface area (TPSA) is 39.9 Å². The third-order valence-electron chi connectivity index (χ3n) is 7.08. The number of fused-ring (bicyclic) bond motifs is 3. The van der Waals surface area contributed by atoms with Crippen LogP contribution in [-0.2, 0) is 19.4 Å². The molecule has 0 bridgehead atoms. The maximum atomic E-state index is 4.00. The zero-order valence-electron chi connectivity index (χ0n) is 18.1. The molecule has 1 aromatic heterocycles. The first-order valence-electron chi connectivity index (χ1n) is 12.0. The van der Waals surface area contributed by atoms with Crippen LogP contribution in [0.5, 0.6) is 0 Å². The molecule has 0 radical (unpaired) electrons. The molecule has 0 amide bonds. The lowest BCUT2D eigenvalue weighted by molar-refractivity contribution is 0.318. The summed E-state index contributed by atoms with van der Waals surface area (Å²) < 4.78 is 0. The Balaban J connectivity index is 1.25. The van der Waals surface area contributed by atoms with Gasteiger partial charge in [-0.25, -0.2) is 0 Å². The van der Waals surface area contributed by atoms with E-state index in [-0.39, 0.29) is 0 Å². The molecular weight excluding hydrogens is 366 g/mol. The van der Waals surface area contributed by atoms with Crippen molar-refractivity contribution < 1.29 is 0 Å². The van der Waals surface area contributed by atoms with Crippen LogP contribution in [0, 0.1) is 0 Å². The van der Waals surface area contributed by atoms with E-state index in [1.165, 1.54) is 79.1 Å². The molecule has 1 heterocycles. The average Bonchev–Trinajstić information content (AvgIpc) is 3.17. The second kappa shape index (κ2) is 9.36. The first-order chi connectivity index (χ1) is 14.9. The van der Waals surface area contributed by atoms with E-state index in [0.717, 1.165) is 19.5 Å². The highest BCUT2D eigenvalue weighted by molar-refractivity contribution is 5.85. The summed E-state index contributed by atoms with van der Waals surface area (Å²) in [5, 5.41) is 9.08. The molecule has 3 N–H and O–H groups in total. The second-order valence-electron chi connectivity index (χ2n) is 9.26. The predicted molar refractivity (Wildman–Crippen MR) is 126 cm³/mol. The molecule has 0 aliphatic heterocycles. The summed E-state index contributed by atoms with van der Waals surface area (Å²) in [5.74, 6) is 0. The number of aromatic nitrogens is 1. The van der Waals surface area contributed by atoms with Gasteiger partial charge in [0.15, 0.2) is 0 Å². The van der Waals surface area contributed by atoms with Gasteiger partial charge in [0.2, 0.25) is 0 Å². The molecule has 0 spiro atoms. The Morgan fingerprint density at radius 1 is 0.867 bits per heavy atom. The van der Waals surface area contributed by atoms with Crippen LogP contribution in [0.3, 0.4) is 0 Å². The fraction of sp³-hybridized carbons (Fsp3) is 0.481. The molecule has 3 nitrogen and oxygen atoms in total.